The van der Waals surface area contributed by atoms with Crippen LogP contribution in [0.3, 0.4) is 0 Å². The molecule has 2 aromatic rings. The molecule has 0 bridgehead atoms. The van der Waals surface area contributed by atoms with Gasteiger partial charge in [-0.1, -0.05) is 0 Å². The van der Waals surface area contributed by atoms with Crippen molar-refractivity contribution in [2.24, 2.45) is 0 Å². The SMILES string of the molecule is COc1ccc2[nH]cc(CCNC(C)=O)c2c1.O.[H-].[H-].[Mg+2]. The molecule has 4 N–H and O–H groups in total. The van der Waals surface area contributed by atoms with Gasteiger partial charge in [-0.15, -0.1) is 0 Å². The van der Waals surface area contributed by atoms with Gasteiger partial charge < -0.3 is 23.4 Å². The van der Waals surface area contributed by atoms with E-state index in [-0.39, 0.29) is 37.3 Å². The standard InChI is InChI=1S/C13H16N2O2.Mg.H2O.2H/c1-9(16)14-6-5-10-8-15-13-4-3-11(17-2)7-12(10)13;;;;/h3-4,7-8,15H,5-6H2,1-2H3,(H,14,16);;1H2;;/q;+2;;2*-1. The van der Waals surface area contributed by atoms with E-state index in [4.69, 9.17) is 4.74 Å². The van der Waals surface area contributed by atoms with Crippen LogP contribution in [0.2, 0.25) is 0 Å². The molecule has 0 radical (unpaired) electrons. The molecule has 1 aromatic carbocycles. The van der Waals surface area contributed by atoms with Gasteiger partial charge in [-0.3, -0.25) is 4.79 Å². The zero-order valence-electron chi connectivity index (χ0n) is 13.2. The van der Waals surface area contributed by atoms with E-state index in [1.54, 1.807) is 7.11 Å². The zero-order valence-corrected chi connectivity index (χ0v) is 12.7. The van der Waals surface area contributed by atoms with Crippen LogP contribution in [0.1, 0.15) is 15.3 Å². The van der Waals surface area contributed by atoms with Gasteiger partial charge in [0.25, 0.3) is 0 Å². The van der Waals surface area contributed by atoms with Crippen molar-refractivity contribution in [3.05, 3.63) is 30.0 Å². The second kappa shape index (κ2) is 8.03. The van der Waals surface area contributed by atoms with Crippen molar-refractivity contribution in [1.29, 1.82) is 0 Å². The summed E-state index contributed by atoms with van der Waals surface area (Å²) in [7, 11) is 1.66. The number of aromatic amines is 1. The predicted octanol–water partition coefficient (Wildman–Crippen LogP) is 0.875. The van der Waals surface area contributed by atoms with E-state index in [1.807, 2.05) is 24.4 Å². The van der Waals surface area contributed by atoms with Crippen LogP contribution in [-0.4, -0.2) is 53.1 Å². The number of rotatable bonds is 4. The van der Waals surface area contributed by atoms with E-state index >= 15 is 0 Å². The van der Waals surface area contributed by atoms with Crippen LogP contribution < -0.4 is 10.1 Å². The quantitative estimate of drug-likeness (QED) is 0.812. The minimum Gasteiger partial charge on any atom is -1.00 e. The number of benzene rings is 1. The van der Waals surface area contributed by atoms with Gasteiger partial charge in [-0.2, -0.15) is 0 Å². The van der Waals surface area contributed by atoms with Gasteiger partial charge in [0.05, 0.1) is 7.11 Å². The number of carbonyl (C=O) groups excluding carboxylic acids is 1. The summed E-state index contributed by atoms with van der Waals surface area (Å²) in [5.41, 5.74) is 2.27. The first-order valence-corrected chi connectivity index (χ1v) is 5.59. The minimum absolute atomic E-state index is 0. The number of aromatic nitrogens is 1. The number of methoxy groups -OCH3 is 1. The van der Waals surface area contributed by atoms with E-state index in [2.05, 4.69) is 10.3 Å². The number of amides is 1. The second-order valence-corrected chi connectivity index (χ2v) is 3.96. The molecule has 0 saturated carbocycles. The fourth-order valence-electron chi connectivity index (χ4n) is 1.86. The van der Waals surface area contributed by atoms with Crippen LogP contribution in [0.5, 0.6) is 5.75 Å². The summed E-state index contributed by atoms with van der Waals surface area (Å²) in [6, 6.07) is 5.93. The molecule has 1 aromatic heterocycles. The maximum atomic E-state index is 10.8. The smallest absolute Gasteiger partial charge is 1.00 e. The number of hydrogen-bond donors (Lipinski definition) is 2. The Hall–Kier alpha value is -1.24. The van der Waals surface area contributed by atoms with Crippen molar-refractivity contribution < 1.29 is 17.9 Å². The third kappa shape index (κ3) is 4.41. The number of hydrogen-bond acceptors (Lipinski definition) is 2. The van der Waals surface area contributed by atoms with Gasteiger partial charge in [0.2, 0.25) is 5.91 Å². The molecule has 102 valence electrons. The average molecular weight is 277 g/mol. The van der Waals surface area contributed by atoms with Crippen molar-refractivity contribution in [2.75, 3.05) is 13.7 Å². The Morgan fingerprint density at radius 1 is 1.47 bits per heavy atom. The summed E-state index contributed by atoms with van der Waals surface area (Å²) in [5.74, 6) is 0.847. The predicted molar refractivity (Wildman–Crippen MR) is 78.8 cm³/mol. The first kappa shape index (κ1) is 17.8. The number of ether oxygens (including phenoxy) is 1. The van der Waals surface area contributed by atoms with Crippen molar-refractivity contribution in [3.63, 3.8) is 0 Å². The fourth-order valence-corrected chi connectivity index (χ4v) is 1.86. The number of fused-ring (bicyclic) bond motifs is 1. The maximum Gasteiger partial charge on any atom is 2.00 e. The van der Waals surface area contributed by atoms with Crippen LogP contribution >= 0.6 is 0 Å². The fraction of sp³-hybridized carbons (Fsp3) is 0.308. The minimum atomic E-state index is 0. The first-order valence-electron chi connectivity index (χ1n) is 5.59. The molecule has 0 aliphatic carbocycles. The molecule has 5 nitrogen and oxygen atoms in total. The van der Waals surface area contributed by atoms with Crippen LogP contribution in [0.15, 0.2) is 24.4 Å². The third-order valence-electron chi connectivity index (χ3n) is 2.74. The molecular formula is C13H20MgN2O3. The summed E-state index contributed by atoms with van der Waals surface area (Å²) in [5, 5.41) is 3.94. The summed E-state index contributed by atoms with van der Waals surface area (Å²) in [6.45, 7) is 2.18. The van der Waals surface area contributed by atoms with E-state index < -0.39 is 0 Å². The Labute approximate surface area is 131 Å². The van der Waals surface area contributed by atoms with Crippen molar-refractivity contribution in [3.8, 4) is 5.75 Å². The number of H-pyrrole nitrogens is 1. The van der Waals surface area contributed by atoms with E-state index in [0.29, 0.717) is 6.54 Å². The van der Waals surface area contributed by atoms with Crippen molar-refractivity contribution in [2.45, 2.75) is 13.3 Å². The molecule has 6 heteroatoms. The average Bonchev–Trinajstić information content (AvgIpc) is 2.71. The topological polar surface area (TPSA) is 85.6 Å². The molecule has 0 saturated heterocycles. The number of nitrogens with one attached hydrogen (secondary N) is 2. The van der Waals surface area contributed by atoms with Gasteiger partial charge in [-0.25, -0.2) is 0 Å². The maximum absolute atomic E-state index is 10.8. The molecule has 1 heterocycles. The molecular weight excluding hydrogens is 256 g/mol. The Bertz CT molecular complexity index is 549. The molecule has 0 atom stereocenters. The van der Waals surface area contributed by atoms with E-state index in [9.17, 15) is 4.79 Å². The largest absolute Gasteiger partial charge is 2.00 e. The molecule has 19 heavy (non-hydrogen) atoms. The molecule has 2 rings (SSSR count). The van der Waals surface area contributed by atoms with Gasteiger partial charge in [0, 0.05) is 30.6 Å². The normalized spacial score (nSPS) is 9.37. The summed E-state index contributed by atoms with van der Waals surface area (Å²) in [4.78, 5) is 14.0. The van der Waals surface area contributed by atoms with Crippen LogP contribution in [0.25, 0.3) is 10.9 Å². The van der Waals surface area contributed by atoms with Gasteiger partial charge in [0.1, 0.15) is 5.75 Å². The first-order chi connectivity index (χ1) is 8.20. The second-order valence-electron chi connectivity index (χ2n) is 3.96. The number of carbonyl (C=O) groups is 1. The monoisotopic (exact) mass is 276 g/mol. The van der Waals surface area contributed by atoms with Gasteiger partial charge in [0.15, 0.2) is 0 Å². The summed E-state index contributed by atoms with van der Waals surface area (Å²) < 4.78 is 5.21. The zero-order chi connectivity index (χ0) is 12.3. The van der Waals surface area contributed by atoms with Gasteiger partial charge in [-0.05, 0) is 30.2 Å². The summed E-state index contributed by atoms with van der Waals surface area (Å²) in [6.07, 6.45) is 2.79. The van der Waals surface area contributed by atoms with Gasteiger partial charge >= 0.3 is 23.1 Å². The molecule has 0 aliphatic rings. The van der Waals surface area contributed by atoms with Crippen LogP contribution in [0.4, 0.5) is 0 Å². The Morgan fingerprint density at radius 3 is 2.84 bits per heavy atom. The molecule has 0 aliphatic heterocycles. The molecule has 0 unspecified atom stereocenters. The van der Waals surface area contributed by atoms with E-state index in [0.717, 1.165) is 23.1 Å². The van der Waals surface area contributed by atoms with Crippen molar-refractivity contribution >= 4 is 39.9 Å². The van der Waals surface area contributed by atoms with Crippen molar-refractivity contribution in [1.82, 2.24) is 10.3 Å². The van der Waals surface area contributed by atoms with Crippen LogP contribution in [-0.2, 0) is 11.2 Å². The molecule has 0 spiro atoms. The Balaban J connectivity index is -0.000000810. The Kier molecular flexibility index (Phi) is 7.51. The summed E-state index contributed by atoms with van der Waals surface area (Å²) >= 11 is 0. The Morgan fingerprint density at radius 2 is 2.21 bits per heavy atom. The molecule has 0 fully saturated rings. The third-order valence-corrected chi connectivity index (χ3v) is 2.74. The van der Waals surface area contributed by atoms with Crippen LogP contribution in [0, 0.1) is 0 Å². The molecule has 1 amide bonds. The van der Waals surface area contributed by atoms with E-state index in [1.165, 1.54) is 12.5 Å².